The maximum atomic E-state index is 11.9. The van der Waals surface area contributed by atoms with Crippen LogP contribution in [0.25, 0.3) is 0 Å². The van der Waals surface area contributed by atoms with E-state index >= 15 is 0 Å². The van der Waals surface area contributed by atoms with Crippen LogP contribution in [0.2, 0.25) is 5.22 Å². The molecule has 0 aliphatic heterocycles. The Morgan fingerprint density at radius 2 is 2.22 bits per heavy atom. The molecule has 0 radical (unpaired) electrons. The van der Waals surface area contributed by atoms with Crippen molar-refractivity contribution in [2.24, 2.45) is 0 Å². The molecule has 0 aliphatic rings. The van der Waals surface area contributed by atoms with Crippen LogP contribution in [0, 0.1) is 13.8 Å². The van der Waals surface area contributed by atoms with Gasteiger partial charge in [0.05, 0.1) is 23.6 Å². The van der Waals surface area contributed by atoms with Gasteiger partial charge in [0.2, 0.25) is 5.22 Å². The largest absolute Gasteiger partial charge is 0.452 e. The molecule has 1 atom stereocenters. The predicted molar refractivity (Wildman–Crippen MR) is 65.6 cm³/mol. The Labute approximate surface area is 109 Å². The van der Waals surface area contributed by atoms with Gasteiger partial charge < -0.3 is 14.3 Å². The minimum atomic E-state index is -0.291. The molecule has 5 nitrogen and oxygen atoms in total. The zero-order valence-electron chi connectivity index (χ0n) is 10.3. The van der Waals surface area contributed by atoms with E-state index in [1.807, 2.05) is 20.8 Å². The molecule has 6 heteroatoms. The lowest BCUT2D eigenvalue weighted by atomic mass is 10.1. The molecular formula is C12H13ClN2O3. The van der Waals surface area contributed by atoms with E-state index in [-0.39, 0.29) is 17.2 Å². The Bertz CT molecular complexity index is 554. The number of nitrogens with zero attached hydrogens (tertiary/aromatic N) is 1. The van der Waals surface area contributed by atoms with E-state index in [0.717, 1.165) is 11.3 Å². The lowest BCUT2D eigenvalue weighted by molar-refractivity contribution is 0.0939. The molecule has 1 amide bonds. The van der Waals surface area contributed by atoms with Crippen LogP contribution in [-0.4, -0.2) is 11.1 Å². The van der Waals surface area contributed by atoms with Gasteiger partial charge in [-0.3, -0.25) is 4.79 Å². The summed E-state index contributed by atoms with van der Waals surface area (Å²) in [5.74, 6) is 0.403. The monoisotopic (exact) mass is 268 g/mol. The normalized spacial score (nSPS) is 12.4. The Morgan fingerprint density at radius 1 is 1.50 bits per heavy atom. The molecule has 1 N–H and O–H groups in total. The number of halogens is 1. The molecule has 96 valence electrons. The van der Waals surface area contributed by atoms with Gasteiger partial charge in [-0.15, -0.1) is 0 Å². The van der Waals surface area contributed by atoms with E-state index in [1.165, 1.54) is 12.3 Å². The van der Waals surface area contributed by atoms with Crippen LogP contribution in [0.5, 0.6) is 0 Å². The third-order valence-electron chi connectivity index (χ3n) is 2.73. The van der Waals surface area contributed by atoms with Crippen LogP contribution in [0.3, 0.4) is 0 Å². The fraction of sp³-hybridized carbons (Fsp3) is 0.333. The summed E-state index contributed by atoms with van der Waals surface area (Å²) in [6.07, 6.45) is 1.37. The number of furan rings is 1. The maximum Gasteiger partial charge on any atom is 0.256 e. The van der Waals surface area contributed by atoms with Gasteiger partial charge in [-0.25, -0.2) is 0 Å². The molecule has 2 heterocycles. The highest BCUT2D eigenvalue weighted by Gasteiger charge is 2.20. The summed E-state index contributed by atoms with van der Waals surface area (Å²) in [6, 6.07) is 1.31. The molecule has 0 spiro atoms. The Hall–Kier alpha value is -1.75. The summed E-state index contributed by atoms with van der Waals surface area (Å²) < 4.78 is 9.95. The third kappa shape index (κ3) is 2.26. The summed E-state index contributed by atoms with van der Waals surface area (Å²) in [5, 5.41) is 6.76. The van der Waals surface area contributed by atoms with Crippen molar-refractivity contribution in [1.29, 1.82) is 0 Å². The predicted octanol–water partition coefficient (Wildman–Crippen LogP) is 3.03. The molecule has 18 heavy (non-hydrogen) atoms. The molecule has 0 saturated heterocycles. The molecular weight excluding hydrogens is 256 g/mol. The fourth-order valence-electron chi connectivity index (χ4n) is 1.91. The maximum absolute atomic E-state index is 11.9. The van der Waals surface area contributed by atoms with Crippen molar-refractivity contribution in [2.45, 2.75) is 26.8 Å². The van der Waals surface area contributed by atoms with Crippen molar-refractivity contribution in [3.63, 3.8) is 0 Å². The Kier molecular flexibility index (Phi) is 3.43. The van der Waals surface area contributed by atoms with Gasteiger partial charge >= 0.3 is 0 Å². The SMILES string of the molecule is Cc1noc(C)c1C(C)NC(=O)c1ccoc1Cl. The van der Waals surface area contributed by atoms with Gasteiger partial charge in [-0.05, 0) is 38.4 Å². The lowest BCUT2D eigenvalue weighted by Gasteiger charge is -2.13. The zero-order valence-corrected chi connectivity index (χ0v) is 11.0. The van der Waals surface area contributed by atoms with Crippen molar-refractivity contribution < 1.29 is 13.7 Å². The average Bonchev–Trinajstić information content (AvgIpc) is 2.85. The highest BCUT2D eigenvalue weighted by molar-refractivity contribution is 6.32. The summed E-state index contributed by atoms with van der Waals surface area (Å²) >= 11 is 5.75. The summed E-state index contributed by atoms with van der Waals surface area (Å²) in [5.41, 5.74) is 1.96. The van der Waals surface area contributed by atoms with Gasteiger partial charge in [0.15, 0.2) is 0 Å². The fourth-order valence-corrected chi connectivity index (χ4v) is 2.11. The van der Waals surface area contributed by atoms with Crippen molar-refractivity contribution in [2.75, 3.05) is 0 Å². The van der Waals surface area contributed by atoms with Gasteiger partial charge in [-0.1, -0.05) is 5.16 Å². The number of rotatable bonds is 3. The first kappa shape index (κ1) is 12.7. The second kappa shape index (κ2) is 4.86. The van der Waals surface area contributed by atoms with Crippen LogP contribution in [-0.2, 0) is 0 Å². The lowest BCUT2D eigenvalue weighted by Crippen LogP contribution is -2.27. The summed E-state index contributed by atoms with van der Waals surface area (Å²) in [6.45, 7) is 5.50. The van der Waals surface area contributed by atoms with Crippen LogP contribution in [0.1, 0.15) is 40.3 Å². The molecule has 2 aromatic heterocycles. The molecule has 2 rings (SSSR count). The van der Waals surface area contributed by atoms with Crippen molar-refractivity contribution in [3.05, 3.63) is 40.1 Å². The van der Waals surface area contributed by atoms with Gasteiger partial charge in [-0.2, -0.15) is 0 Å². The average molecular weight is 269 g/mol. The van der Waals surface area contributed by atoms with Crippen LogP contribution in [0.4, 0.5) is 0 Å². The minimum Gasteiger partial charge on any atom is -0.452 e. The van der Waals surface area contributed by atoms with Gasteiger partial charge in [0, 0.05) is 5.56 Å². The zero-order chi connectivity index (χ0) is 13.3. The number of nitrogens with one attached hydrogen (secondary N) is 1. The first-order chi connectivity index (χ1) is 8.50. The van der Waals surface area contributed by atoms with Crippen LogP contribution in [0.15, 0.2) is 21.3 Å². The van der Waals surface area contributed by atoms with Gasteiger partial charge in [0.1, 0.15) is 5.76 Å². The second-order valence-electron chi connectivity index (χ2n) is 4.04. The van der Waals surface area contributed by atoms with Crippen LogP contribution >= 0.6 is 11.6 Å². The van der Waals surface area contributed by atoms with Crippen LogP contribution < -0.4 is 5.32 Å². The second-order valence-corrected chi connectivity index (χ2v) is 4.38. The Morgan fingerprint density at radius 3 is 2.72 bits per heavy atom. The number of aryl methyl sites for hydroxylation is 2. The van der Waals surface area contributed by atoms with Gasteiger partial charge in [0.25, 0.3) is 5.91 Å². The molecule has 0 aromatic carbocycles. The highest BCUT2D eigenvalue weighted by Crippen LogP contribution is 2.22. The first-order valence-electron chi connectivity index (χ1n) is 5.47. The number of amides is 1. The number of carbonyl (C=O) groups excluding carboxylic acids is 1. The van der Waals surface area contributed by atoms with E-state index in [2.05, 4.69) is 10.5 Å². The number of hydrogen-bond donors (Lipinski definition) is 1. The minimum absolute atomic E-state index is 0.0819. The van der Waals surface area contributed by atoms with E-state index < -0.39 is 0 Å². The highest BCUT2D eigenvalue weighted by atomic mass is 35.5. The molecule has 0 bridgehead atoms. The molecule has 0 aliphatic carbocycles. The molecule has 1 unspecified atom stereocenters. The number of aromatic nitrogens is 1. The van der Waals surface area contributed by atoms with E-state index in [9.17, 15) is 4.79 Å². The topological polar surface area (TPSA) is 68.3 Å². The van der Waals surface area contributed by atoms with Crippen molar-refractivity contribution >= 4 is 17.5 Å². The quantitative estimate of drug-likeness (QED) is 0.929. The smallest absolute Gasteiger partial charge is 0.256 e. The van der Waals surface area contributed by atoms with E-state index in [4.69, 9.17) is 20.5 Å². The molecule has 0 saturated carbocycles. The molecule has 2 aromatic rings. The van der Waals surface area contributed by atoms with E-state index in [0.29, 0.717) is 11.3 Å². The standard InChI is InChI=1S/C12H13ClN2O3/c1-6(10-7(2)15-18-8(10)3)14-12(16)9-4-5-17-11(9)13/h4-6H,1-3H3,(H,14,16). The van der Waals surface area contributed by atoms with Crippen molar-refractivity contribution in [3.8, 4) is 0 Å². The van der Waals surface area contributed by atoms with E-state index in [1.54, 1.807) is 0 Å². The Balaban J connectivity index is 2.16. The summed E-state index contributed by atoms with van der Waals surface area (Å²) in [7, 11) is 0. The third-order valence-corrected chi connectivity index (χ3v) is 3.02. The molecule has 0 fully saturated rings. The first-order valence-corrected chi connectivity index (χ1v) is 5.85. The number of carbonyl (C=O) groups is 1. The number of hydrogen-bond acceptors (Lipinski definition) is 4. The summed E-state index contributed by atoms with van der Waals surface area (Å²) in [4.78, 5) is 11.9. The van der Waals surface area contributed by atoms with Crippen molar-refractivity contribution in [1.82, 2.24) is 10.5 Å².